The molecule has 2 unspecified atom stereocenters. The van der Waals surface area contributed by atoms with Crippen molar-refractivity contribution in [2.45, 2.75) is 19.1 Å². The largest absolute Gasteiger partial charge is 0.497 e. The molecule has 0 spiro atoms. The van der Waals surface area contributed by atoms with Crippen molar-refractivity contribution in [2.75, 3.05) is 7.11 Å². The number of amides is 1. The van der Waals surface area contributed by atoms with Gasteiger partial charge in [0.15, 0.2) is 5.82 Å². The Hall–Kier alpha value is -2.11. The second-order valence-electron chi connectivity index (χ2n) is 5.08. The van der Waals surface area contributed by atoms with Gasteiger partial charge in [-0.15, -0.1) is 0 Å². The van der Waals surface area contributed by atoms with Crippen LogP contribution in [-0.2, 0) is 0 Å². The molecule has 23 heavy (non-hydrogen) atoms. The van der Waals surface area contributed by atoms with E-state index in [-0.39, 0.29) is 10.6 Å². The molecule has 2 atom stereocenters. The van der Waals surface area contributed by atoms with Gasteiger partial charge in [-0.3, -0.25) is 4.79 Å². The van der Waals surface area contributed by atoms with E-state index >= 15 is 0 Å². The van der Waals surface area contributed by atoms with E-state index in [0.717, 1.165) is 0 Å². The third-order valence-electron chi connectivity index (χ3n) is 3.49. The number of hydrogen-bond acceptors (Lipinski definition) is 3. The number of ether oxygens (including phenoxy) is 1. The predicted molar refractivity (Wildman–Crippen MR) is 86.3 cm³/mol. The standard InChI is InChI=1S/C17H17ClFNO3/c1-10(16(21)11-6-8-12(23-2)9-7-11)20-17(22)13-4-3-5-14(18)15(13)19/h3-10,16,21H,1-2H3,(H,20,22). The molecule has 122 valence electrons. The Balaban J connectivity index is 2.09. The first kappa shape index (κ1) is 17.2. The Morgan fingerprint density at radius 3 is 2.52 bits per heavy atom. The fourth-order valence-electron chi connectivity index (χ4n) is 2.13. The summed E-state index contributed by atoms with van der Waals surface area (Å²) in [5.74, 6) is -0.749. The van der Waals surface area contributed by atoms with Gasteiger partial charge < -0.3 is 15.2 Å². The van der Waals surface area contributed by atoms with Crippen molar-refractivity contribution in [3.8, 4) is 5.75 Å². The quantitative estimate of drug-likeness (QED) is 0.879. The third kappa shape index (κ3) is 4.00. The normalized spacial score (nSPS) is 13.3. The van der Waals surface area contributed by atoms with E-state index in [1.54, 1.807) is 38.3 Å². The number of nitrogens with one attached hydrogen (secondary N) is 1. The number of carbonyl (C=O) groups excluding carboxylic acids is 1. The fraction of sp³-hybridized carbons (Fsp3) is 0.235. The number of rotatable bonds is 5. The maximum absolute atomic E-state index is 13.8. The average Bonchev–Trinajstić information content (AvgIpc) is 2.56. The second kappa shape index (κ2) is 7.44. The van der Waals surface area contributed by atoms with Crippen LogP contribution in [0.4, 0.5) is 4.39 Å². The lowest BCUT2D eigenvalue weighted by molar-refractivity contribution is 0.0848. The van der Waals surface area contributed by atoms with E-state index in [4.69, 9.17) is 16.3 Å². The molecular weight excluding hydrogens is 321 g/mol. The summed E-state index contributed by atoms with van der Waals surface area (Å²) in [6.07, 6.45) is -0.938. The van der Waals surface area contributed by atoms with E-state index in [9.17, 15) is 14.3 Å². The Morgan fingerprint density at radius 2 is 1.91 bits per heavy atom. The second-order valence-corrected chi connectivity index (χ2v) is 5.49. The van der Waals surface area contributed by atoms with Gasteiger partial charge in [-0.05, 0) is 36.8 Å². The van der Waals surface area contributed by atoms with Gasteiger partial charge in [0, 0.05) is 0 Å². The van der Waals surface area contributed by atoms with Gasteiger partial charge in [0.05, 0.1) is 29.8 Å². The zero-order chi connectivity index (χ0) is 17.0. The average molecular weight is 338 g/mol. The van der Waals surface area contributed by atoms with Crippen LogP contribution in [0.1, 0.15) is 28.9 Å². The fourth-order valence-corrected chi connectivity index (χ4v) is 2.31. The molecule has 4 nitrogen and oxygen atoms in total. The highest BCUT2D eigenvalue weighted by Crippen LogP contribution is 2.21. The molecule has 2 N–H and O–H groups in total. The number of aliphatic hydroxyl groups is 1. The molecule has 0 heterocycles. The van der Waals surface area contributed by atoms with Gasteiger partial charge in [-0.1, -0.05) is 29.8 Å². The summed E-state index contributed by atoms with van der Waals surface area (Å²) in [6.45, 7) is 1.63. The number of carbonyl (C=O) groups is 1. The predicted octanol–water partition coefficient (Wildman–Crippen LogP) is 3.34. The van der Waals surface area contributed by atoms with Gasteiger partial charge in [-0.25, -0.2) is 4.39 Å². The van der Waals surface area contributed by atoms with Crippen molar-refractivity contribution in [1.29, 1.82) is 0 Å². The van der Waals surface area contributed by atoms with E-state index in [1.165, 1.54) is 18.2 Å². The van der Waals surface area contributed by atoms with Crippen LogP contribution in [0.2, 0.25) is 5.02 Å². The molecule has 2 rings (SSSR count). The van der Waals surface area contributed by atoms with Gasteiger partial charge in [0.25, 0.3) is 5.91 Å². The molecule has 1 amide bonds. The highest BCUT2D eigenvalue weighted by molar-refractivity contribution is 6.31. The number of methoxy groups -OCH3 is 1. The smallest absolute Gasteiger partial charge is 0.254 e. The van der Waals surface area contributed by atoms with Crippen LogP contribution in [0.5, 0.6) is 5.75 Å². The Morgan fingerprint density at radius 1 is 1.26 bits per heavy atom. The van der Waals surface area contributed by atoms with Crippen LogP contribution in [0.3, 0.4) is 0 Å². The SMILES string of the molecule is COc1ccc(C(O)C(C)NC(=O)c2cccc(Cl)c2F)cc1. The van der Waals surface area contributed by atoms with Crippen molar-refractivity contribution in [2.24, 2.45) is 0 Å². The first-order valence-corrected chi connectivity index (χ1v) is 7.38. The number of halogens is 2. The summed E-state index contributed by atoms with van der Waals surface area (Å²) in [4.78, 5) is 12.1. The van der Waals surface area contributed by atoms with Crippen molar-refractivity contribution in [3.05, 3.63) is 64.4 Å². The Bertz CT molecular complexity index is 691. The Labute approximate surface area is 138 Å². The van der Waals surface area contributed by atoms with E-state index < -0.39 is 23.9 Å². The van der Waals surface area contributed by atoms with Crippen LogP contribution in [0.15, 0.2) is 42.5 Å². The van der Waals surface area contributed by atoms with Crippen LogP contribution in [0.25, 0.3) is 0 Å². The molecule has 0 radical (unpaired) electrons. The van der Waals surface area contributed by atoms with Crippen molar-refractivity contribution >= 4 is 17.5 Å². The maximum Gasteiger partial charge on any atom is 0.254 e. The summed E-state index contributed by atoms with van der Waals surface area (Å²) < 4.78 is 18.9. The highest BCUT2D eigenvalue weighted by atomic mass is 35.5. The minimum Gasteiger partial charge on any atom is -0.497 e. The van der Waals surface area contributed by atoms with E-state index in [2.05, 4.69) is 5.32 Å². The molecule has 2 aromatic rings. The minimum absolute atomic E-state index is 0.124. The lowest BCUT2D eigenvalue weighted by atomic mass is 10.0. The third-order valence-corrected chi connectivity index (χ3v) is 3.78. The van der Waals surface area contributed by atoms with Gasteiger partial charge in [-0.2, -0.15) is 0 Å². The molecule has 0 saturated heterocycles. The van der Waals surface area contributed by atoms with E-state index in [1.807, 2.05) is 0 Å². The van der Waals surface area contributed by atoms with Crippen molar-refractivity contribution in [1.82, 2.24) is 5.32 Å². The lowest BCUT2D eigenvalue weighted by Crippen LogP contribution is -2.37. The summed E-state index contributed by atoms with van der Waals surface area (Å²) in [5, 5.41) is 12.7. The molecule has 0 fully saturated rings. The molecule has 0 aliphatic heterocycles. The highest BCUT2D eigenvalue weighted by Gasteiger charge is 2.21. The number of benzene rings is 2. The number of aliphatic hydroxyl groups excluding tert-OH is 1. The number of hydrogen-bond donors (Lipinski definition) is 2. The molecule has 2 aromatic carbocycles. The molecule has 0 aliphatic carbocycles. The van der Waals surface area contributed by atoms with Gasteiger partial charge in [0.1, 0.15) is 5.75 Å². The zero-order valence-electron chi connectivity index (χ0n) is 12.7. The Kier molecular flexibility index (Phi) is 5.58. The first-order valence-electron chi connectivity index (χ1n) is 7.01. The minimum atomic E-state index is -0.938. The van der Waals surface area contributed by atoms with Crippen LogP contribution < -0.4 is 10.1 Å². The summed E-state index contributed by atoms with van der Waals surface area (Å²) in [6, 6.07) is 10.4. The zero-order valence-corrected chi connectivity index (χ0v) is 13.5. The molecule has 0 saturated carbocycles. The topological polar surface area (TPSA) is 58.6 Å². The molecule has 6 heteroatoms. The first-order chi connectivity index (χ1) is 10.9. The van der Waals surface area contributed by atoms with Gasteiger partial charge >= 0.3 is 0 Å². The molecular formula is C17H17ClFNO3. The van der Waals surface area contributed by atoms with Crippen molar-refractivity contribution in [3.63, 3.8) is 0 Å². The summed E-state index contributed by atoms with van der Waals surface area (Å²) in [7, 11) is 1.55. The summed E-state index contributed by atoms with van der Waals surface area (Å²) >= 11 is 5.67. The monoisotopic (exact) mass is 337 g/mol. The van der Waals surface area contributed by atoms with Crippen molar-refractivity contribution < 1.29 is 19.0 Å². The molecule has 0 aliphatic rings. The van der Waals surface area contributed by atoms with Crippen LogP contribution >= 0.6 is 11.6 Å². The summed E-state index contributed by atoms with van der Waals surface area (Å²) in [5.41, 5.74) is 0.455. The van der Waals surface area contributed by atoms with E-state index in [0.29, 0.717) is 11.3 Å². The van der Waals surface area contributed by atoms with Gasteiger partial charge in [0.2, 0.25) is 0 Å². The van der Waals surface area contributed by atoms with Crippen LogP contribution in [0, 0.1) is 5.82 Å². The lowest BCUT2D eigenvalue weighted by Gasteiger charge is -2.21. The molecule has 0 bridgehead atoms. The van der Waals surface area contributed by atoms with Crippen LogP contribution in [-0.4, -0.2) is 24.2 Å². The maximum atomic E-state index is 13.8. The molecule has 0 aromatic heterocycles.